The Balaban J connectivity index is 2.00. The maximum absolute atomic E-state index is 11.3. The highest BCUT2D eigenvalue weighted by Gasteiger charge is 2.31. The van der Waals surface area contributed by atoms with Crippen LogP contribution in [0, 0.1) is 0 Å². The Kier molecular flexibility index (Phi) is 3.52. The molecule has 1 aromatic carbocycles. The Bertz CT molecular complexity index is 501. The quantitative estimate of drug-likeness (QED) is 0.768. The van der Waals surface area contributed by atoms with Crippen molar-refractivity contribution in [3.8, 4) is 0 Å². The number of rotatable bonds is 3. The van der Waals surface area contributed by atoms with Crippen LogP contribution in [0.2, 0.25) is 0 Å². The van der Waals surface area contributed by atoms with E-state index >= 15 is 0 Å². The van der Waals surface area contributed by atoms with Crippen LogP contribution in [-0.4, -0.2) is 22.4 Å². The summed E-state index contributed by atoms with van der Waals surface area (Å²) in [6.07, 6.45) is 0. The normalized spacial score (nSPS) is 18.4. The molecule has 0 bridgehead atoms. The summed E-state index contributed by atoms with van der Waals surface area (Å²) in [6, 6.07) is 6.87. The minimum Gasteiger partial charge on any atom is -0.365 e. The van der Waals surface area contributed by atoms with Crippen molar-refractivity contribution in [3.05, 3.63) is 24.3 Å². The van der Waals surface area contributed by atoms with Gasteiger partial charge in [-0.2, -0.15) is 0 Å². The fourth-order valence-corrected chi connectivity index (χ4v) is 2.19. The highest BCUT2D eigenvalue weighted by Crippen LogP contribution is 2.22. The van der Waals surface area contributed by atoms with Gasteiger partial charge in [0.05, 0.1) is 0 Å². The molecule has 0 spiro atoms. The lowest BCUT2D eigenvalue weighted by molar-refractivity contribution is -0.118. The molecule has 0 aliphatic carbocycles. The van der Waals surface area contributed by atoms with Crippen LogP contribution in [0.15, 0.2) is 24.3 Å². The van der Waals surface area contributed by atoms with Crippen molar-refractivity contribution in [1.29, 1.82) is 0 Å². The van der Waals surface area contributed by atoms with E-state index in [9.17, 15) is 14.4 Å². The van der Waals surface area contributed by atoms with Gasteiger partial charge in [0.1, 0.15) is 0 Å². The molecule has 18 heavy (non-hydrogen) atoms. The van der Waals surface area contributed by atoms with Gasteiger partial charge in [0.2, 0.25) is 5.91 Å². The Morgan fingerprint density at radius 2 is 1.83 bits per heavy atom. The minimum atomic E-state index is -0.607. The summed E-state index contributed by atoms with van der Waals surface area (Å²) in [4.78, 5) is 33.1. The van der Waals surface area contributed by atoms with Crippen LogP contribution in [-0.2, 0) is 9.59 Å². The molecule has 3 amide bonds. The number of imide groups is 1. The van der Waals surface area contributed by atoms with Crippen LogP contribution in [0.3, 0.4) is 0 Å². The molecular weight excluding hydrogens is 254 g/mol. The van der Waals surface area contributed by atoms with Crippen molar-refractivity contribution in [2.24, 2.45) is 0 Å². The Morgan fingerprint density at radius 1 is 1.22 bits per heavy atom. The zero-order valence-corrected chi connectivity index (χ0v) is 10.3. The third-order valence-corrected chi connectivity index (χ3v) is 3.08. The van der Waals surface area contributed by atoms with E-state index in [2.05, 4.69) is 16.0 Å². The summed E-state index contributed by atoms with van der Waals surface area (Å²) in [5.74, 6) is -0.497. The molecule has 6 nitrogen and oxygen atoms in total. The number of thioether (sulfide) groups is 1. The average Bonchev–Trinajstić information content (AvgIpc) is 2.59. The summed E-state index contributed by atoms with van der Waals surface area (Å²) in [6.45, 7) is 1.43. The van der Waals surface area contributed by atoms with E-state index in [-0.39, 0.29) is 17.1 Å². The third-order valence-electron chi connectivity index (χ3n) is 2.19. The lowest BCUT2D eigenvalue weighted by atomic mass is 10.2. The fraction of sp³-hybridized carbons (Fsp3) is 0.182. The fourth-order valence-electron chi connectivity index (χ4n) is 1.46. The molecule has 3 N–H and O–H groups in total. The van der Waals surface area contributed by atoms with E-state index in [1.165, 1.54) is 6.92 Å². The van der Waals surface area contributed by atoms with Gasteiger partial charge in [-0.25, -0.2) is 0 Å². The molecule has 1 heterocycles. The van der Waals surface area contributed by atoms with Gasteiger partial charge in [0.15, 0.2) is 5.37 Å². The number of benzene rings is 1. The first-order valence-corrected chi connectivity index (χ1v) is 6.08. The molecule has 1 fully saturated rings. The molecule has 0 unspecified atom stereocenters. The number of carbonyl (C=O) groups is 3. The molecule has 7 heteroatoms. The Labute approximate surface area is 108 Å². The van der Waals surface area contributed by atoms with Crippen molar-refractivity contribution in [3.63, 3.8) is 0 Å². The highest BCUT2D eigenvalue weighted by molar-refractivity contribution is 8.15. The van der Waals surface area contributed by atoms with Crippen LogP contribution in [0.4, 0.5) is 16.2 Å². The second-order valence-corrected chi connectivity index (χ2v) is 4.76. The summed E-state index contributed by atoms with van der Waals surface area (Å²) >= 11 is 0.903. The lowest BCUT2D eigenvalue weighted by Gasteiger charge is -2.10. The molecule has 0 aromatic heterocycles. The molecule has 0 saturated carbocycles. The van der Waals surface area contributed by atoms with Crippen LogP contribution in [0.5, 0.6) is 0 Å². The van der Waals surface area contributed by atoms with E-state index in [1.807, 2.05) is 0 Å². The predicted molar refractivity (Wildman–Crippen MR) is 69.3 cm³/mol. The van der Waals surface area contributed by atoms with Gasteiger partial charge < -0.3 is 10.6 Å². The molecule has 2 rings (SSSR count). The van der Waals surface area contributed by atoms with Gasteiger partial charge in [-0.05, 0) is 36.0 Å². The molecule has 0 radical (unpaired) electrons. The highest BCUT2D eigenvalue weighted by atomic mass is 32.2. The van der Waals surface area contributed by atoms with Gasteiger partial charge in [-0.3, -0.25) is 19.7 Å². The monoisotopic (exact) mass is 265 g/mol. The van der Waals surface area contributed by atoms with E-state index in [1.54, 1.807) is 24.3 Å². The maximum Gasteiger partial charge on any atom is 0.288 e. The number of anilines is 2. The smallest absolute Gasteiger partial charge is 0.288 e. The SMILES string of the molecule is CC(=O)Nc1ccc(N[C@@H]2SC(=O)NC2=O)cc1. The van der Waals surface area contributed by atoms with Crippen LogP contribution in [0.1, 0.15) is 6.92 Å². The molecule has 1 aliphatic heterocycles. The number of carbonyl (C=O) groups excluding carboxylic acids is 3. The largest absolute Gasteiger partial charge is 0.365 e. The van der Waals surface area contributed by atoms with E-state index in [0.29, 0.717) is 11.4 Å². The third kappa shape index (κ3) is 3.01. The number of hydrogen-bond donors (Lipinski definition) is 3. The number of hydrogen-bond acceptors (Lipinski definition) is 5. The Morgan fingerprint density at radius 3 is 2.33 bits per heavy atom. The van der Waals surface area contributed by atoms with Gasteiger partial charge >= 0.3 is 0 Å². The second-order valence-electron chi connectivity index (χ2n) is 3.68. The summed E-state index contributed by atoms with van der Waals surface area (Å²) in [5.41, 5.74) is 1.37. The van der Waals surface area contributed by atoms with Crippen molar-refractivity contribution < 1.29 is 14.4 Å². The lowest BCUT2D eigenvalue weighted by Crippen LogP contribution is -2.29. The predicted octanol–water partition coefficient (Wildman–Crippen LogP) is 1.37. The van der Waals surface area contributed by atoms with E-state index < -0.39 is 5.37 Å². The van der Waals surface area contributed by atoms with Gasteiger partial charge in [-0.15, -0.1) is 0 Å². The van der Waals surface area contributed by atoms with E-state index in [4.69, 9.17) is 0 Å². The first-order chi connectivity index (χ1) is 8.54. The maximum atomic E-state index is 11.3. The number of amides is 3. The van der Waals surface area contributed by atoms with Crippen molar-refractivity contribution >= 4 is 40.2 Å². The van der Waals surface area contributed by atoms with Gasteiger partial charge in [-0.1, -0.05) is 0 Å². The molecule has 1 aliphatic rings. The van der Waals surface area contributed by atoms with Crippen LogP contribution < -0.4 is 16.0 Å². The van der Waals surface area contributed by atoms with Crippen molar-refractivity contribution in [1.82, 2.24) is 5.32 Å². The second kappa shape index (κ2) is 5.09. The summed E-state index contributed by atoms with van der Waals surface area (Å²) in [7, 11) is 0. The topological polar surface area (TPSA) is 87.3 Å². The van der Waals surface area contributed by atoms with Crippen LogP contribution >= 0.6 is 11.8 Å². The molecule has 1 saturated heterocycles. The standard InChI is InChI=1S/C11H11N3O3S/c1-6(15)12-7-2-4-8(5-3-7)13-10-9(16)14-11(17)18-10/h2-5,10,13H,1H3,(H,12,15)(H,14,16,17)/t10-/m1/s1. The first kappa shape index (κ1) is 12.4. The van der Waals surface area contributed by atoms with Crippen LogP contribution in [0.25, 0.3) is 0 Å². The Hall–Kier alpha value is -2.02. The number of nitrogens with one attached hydrogen (secondary N) is 3. The van der Waals surface area contributed by atoms with Crippen molar-refractivity contribution in [2.75, 3.05) is 10.6 Å². The average molecular weight is 265 g/mol. The van der Waals surface area contributed by atoms with Gasteiger partial charge in [0, 0.05) is 18.3 Å². The zero-order valence-electron chi connectivity index (χ0n) is 9.52. The minimum absolute atomic E-state index is 0.146. The summed E-state index contributed by atoms with van der Waals surface area (Å²) < 4.78 is 0. The van der Waals surface area contributed by atoms with Gasteiger partial charge in [0.25, 0.3) is 11.1 Å². The zero-order chi connectivity index (χ0) is 13.1. The molecule has 1 aromatic rings. The molecular formula is C11H11N3O3S. The molecule has 94 valence electrons. The van der Waals surface area contributed by atoms with E-state index in [0.717, 1.165) is 11.8 Å². The van der Waals surface area contributed by atoms with Crippen molar-refractivity contribution in [2.45, 2.75) is 12.3 Å². The first-order valence-electron chi connectivity index (χ1n) is 5.20. The summed E-state index contributed by atoms with van der Waals surface area (Å²) in [5, 5.41) is 6.78. The molecule has 1 atom stereocenters.